The van der Waals surface area contributed by atoms with E-state index in [0.29, 0.717) is 26.6 Å². The van der Waals surface area contributed by atoms with Crippen molar-refractivity contribution in [3.63, 3.8) is 0 Å². The normalized spacial score (nSPS) is 11.4. The van der Waals surface area contributed by atoms with Gasteiger partial charge in [-0.15, -0.1) is 0 Å². The first kappa shape index (κ1) is 12.3. The molecule has 2 aromatic rings. The van der Waals surface area contributed by atoms with Gasteiger partial charge in [0.1, 0.15) is 0 Å². The Kier molecular flexibility index (Phi) is 3.06. The Labute approximate surface area is 108 Å². The number of halogens is 2. The highest BCUT2D eigenvalue weighted by molar-refractivity contribution is 6.38. The molecule has 2 rings (SSSR count). The molecule has 0 atom stereocenters. The molecule has 17 heavy (non-hydrogen) atoms. The smallest absolute Gasteiger partial charge is 0.372 e. The van der Waals surface area contributed by atoms with Crippen molar-refractivity contribution in [2.24, 2.45) is 0 Å². The van der Waals surface area contributed by atoms with Gasteiger partial charge < -0.3 is 9.52 Å². The van der Waals surface area contributed by atoms with Crippen LogP contribution in [0.15, 0.2) is 16.5 Å². The third-order valence-electron chi connectivity index (χ3n) is 2.52. The zero-order valence-corrected chi connectivity index (χ0v) is 10.8. The number of carbonyl (C=O) groups is 1. The van der Waals surface area contributed by atoms with Crippen molar-refractivity contribution in [2.75, 3.05) is 0 Å². The molecule has 1 aromatic carbocycles. The number of benzene rings is 1. The van der Waals surface area contributed by atoms with E-state index >= 15 is 0 Å². The molecule has 1 heterocycles. The van der Waals surface area contributed by atoms with Crippen LogP contribution in [0.5, 0.6) is 0 Å². The Morgan fingerprint density at radius 2 is 2.00 bits per heavy atom. The summed E-state index contributed by atoms with van der Waals surface area (Å²) in [6.45, 7) is 3.79. The average molecular weight is 273 g/mol. The predicted octanol–water partition coefficient (Wildman–Crippen LogP) is 4.56. The van der Waals surface area contributed by atoms with Crippen molar-refractivity contribution in [1.82, 2.24) is 0 Å². The summed E-state index contributed by atoms with van der Waals surface area (Å²) in [4.78, 5) is 11.1. The second kappa shape index (κ2) is 4.24. The molecule has 0 saturated heterocycles. The fourth-order valence-electron chi connectivity index (χ4n) is 1.88. The summed E-state index contributed by atoms with van der Waals surface area (Å²) in [6, 6.07) is 3.21. The molecule has 90 valence electrons. The number of rotatable bonds is 2. The molecular weight excluding hydrogens is 263 g/mol. The van der Waals surface area contributed by atoms with Crippen LogP contribution in [0, 0.1) is 0 Å². The molecule has 0 fully saturated rings. The van der Waals surface area contributed by atoms with Gasteiger partial charge in [0.25, 0.3) is 0 Å². The number of carboxylic acids is 1. The van der Waals surface area contributed by atoms with E-state index in [2.05, 4.69) is 0 Å². The molecule has 0 aliphatic carbocycles. The van der Waals surface area contributed by atoms with Gasteiger partial charge in [0.05, 0.1) is 5.02 Å². The highest BCUT2D eigenvalue weighted by atomic mass is 35.5. The molecule has 5 heteroatoms. The second-order valence-corrected chi connectivity index (χ2v) is 4.91. The van der Waals surface area contributed by atoms with Gasteiger partial charge in [-0.1, -0.05) is 37.0 Å². The highest BCUT2D eigenvalue weighted by Crippen LogP contribution is 2.37. The topological polar surface area (TPSA) is 50.4 Å². The van der Waals surface area contributed by atoms with Gasteiger partial charge in [0.2, 0.25) is 5.76 Å². The first-order valence-corrected chi connectivity index (χ1v) is 5.82. The Balaban J connectivity index is 2.90. The van der Waals surface area contributed by atoms with Crippen molar-refractivity contribution in [2.45, 2.75) is 19.8 Å². The SMILES string of the molecule is CC(C)c1c(C(=O)O)oc2c(Cl)cc(Cl)cc12. The lowest BCUT2D eigenvalue weighted by molar-refractivity contribution is 0.0663. The minimum atomic E-state index is -1.10. The lowest BCUT2D eigenvalue weighted by Gasteiger charge is -2.03. The van der Waals surface area contributed by atoms with Crippen LogP contribution < -0.4 is 0 Å². The van der Waals surface area contributed by atoms with Crippen LogP contribution in [0.2, 0.25) is 10.0 Å². The molecule has 0 spiro atoms. The Hall–Kier alpha value is -1.19. The Morgan fingerprint density at radius 3 is 2.53 bits per heavy atom. The summed E-state index contributed by atoms with van der Waals surface area (Å²) in [5, 5.41) is 10.5. The maximum absolute atomic E-state index is 11.1. The number of aromatic carboxylic acids is 1. The summed E-state index contributed by atoms with van der Waals surface area (Å²) < 4.78 is 5.32. The van der Waals surface area contributed by atoms with E-state index in [0.717, 1.165) is 0 Å². The van der Waals surface area contributed by atoms with Crippen LogP contribution in [0.3, 0.4) is 0 Å². The predicted molar refractivity (Wildman–Crippen MR) is 67.3 cm³/mol. The van der Waals surface area contributed by atoms with Gasteiger partial charge in [0.15, 0.2) is 5.58 Å². The lowest BCUT2D eigenvalue weighted by atomic mass is 9.99. The van der Waals surface area contributed by atoms with E-state index in [-0.39, 0.29) is 11.7 Å². The molecule has 1 N–H and O–H groups in total. The first-order chi connectivity index (χ1) is 7.91. The molecule has 0 aliphatic heterocycles. The Bertz CT molecular complexity index is 599. The maximum Gasteiger partial charge on any atom is 0.372 e. The zero-order valence-electron chi connectivity index (χ0n) is 9.25. The molecule has 3 nitrogen and oxygen atoms in total. The second-order valence-electron chi connectivity index (χ2n) is 4.07. The quantitative estimate of drug-likeness (QED) is 0.872. The summed E-state index contributed by atoms with van der Waals surface area (Å²) in [7, 11) is 0. The molecule has 0 unspecified atom stereocenters. The third-order valence-corrected chi connectivity index (χ3v) is 3.02. The summed E-state index contributed by atoms with van der Waals surface area (Å²) in [5.41, 5.74) is 0.995. The minimum absolute atomic E-state index is 0.0110. The summed E-state index contributed by atoms with van der Waals surface area (Å²) in [6.07, 6.45) is 0. The maximum atomic E-state index is 11.1. The standard InChI is InChI=1S/C12H10Cl2O3/c1-5(2)9-7-3-6(13)4-8(14)10(7)17-11(9)12(15)16/h3-5H,1-2H3,(H,15,16). The van der Waals surface area contributed by atoms with Crippen molar-refractivity contribution in [1.29, 1.82) is 0 Å². The first-order valence-electron chi connectivity index (χ1n) is 5.06. The molecule has 0 saturated carbocycles. The molecule has 0 aliphatic rings. The number of carboxylic acid groups (broad SMARTS) is 1. The van der Waals surface area contributed by atoms with E-state index in [1.165, 1.54) is 6.07 Å². The van der Waals surface area contributed by atoms with Crippen LogP contribution >= 0.6 is 23.2 Å². The minimum Gasteiger partial charge on any atom is -0.475 e. The van der Waals surface area contributed by atoms with Crippen LogP contribution in [0.4, 0.5) is 0 Å². The molecule has 0 bridgehead atoms. The van der Waals surface area contributed by atoms with E-state index in [9.17, 15) is 4.79 Å². The van der Waals surface area contributed by atoms with Crippen molar-refractivity contribution < 1.29 is 14.3 Å². The van der Waals surface area contributed by atoms with Gasteiger partial charge in [-0.05, 0) is 18.1 Å². The van der Waals surface area contributed by atoms with Crippen LogP contribution in [0.1, 0.15) is 35.9 Å². The van der Waals surface area contributed by atoms with Gasteiger partial charge in [-0.2, -0.15) is 0 Å². The number of furan rings is 1. The van der Waals surface area contributed by atoms with E-state index < -0.39 is 5.97 Å². The largest absolute Gasteiger partial charge is 0.475 e. The van der Waals surface area contributed by atoms with Crippen LogP contribution in [-0.2, 0) is 0 Å². The van der Waals surface area contributed by atoms with Crippen LogP contribution in [-0.4, -0.2) is 11.1 Å². The Morgan fingerprint density at radius 1 is 1.35 bits per heavy atom. The molecule has 0 radical (unpaired) electrons. The number of hydrogen-bond donors (Lipinski definition) is 1. The molecular formula is C12H10Cl2O3. The van der Waals surface area contributed by atoms with E-state index in [1.807, 2.05) is 13.8 Å². The van der Waals surface area contributed by atoms with Crippen molar-refractivity contribution in [3.8, 4) is 0 Å². The molecule has 1 aromatic heterocycles. The van der Waals surface area contributed by atoms with Crippen molar-refractivity contribution >= 4 is 40.1 Å². The van der Waals surface area contributed by atoms with Gasteiger partial charge in [-0.3, -0.25) is 0 Å². The van der Waals surface area contributed by atoms with Gasteiger partial charge in [0, 0.05) is 16.0 Å². The fourth-order valence-corrected chi connectivity index (χ4v) is 2.41. The highest BCUT2D eigenvalue weighted by Gasteiger charge is 2.23. The van der Waals surface area contributed by atoms with E-state index in [1.54, 1.807) is 6.07 Å². The van der Waals surface area contributed by atoms with Crippen molar-refractivity contribution in [3.05, 3.63) is 33.5 Å². The van der Waals surface area contributed by atoms with E-state index in [4.69, 9.17) is 32.7 Å². The lowest BCUT2D eigenvalue weighted by Crippen LogP contribution is -2.00. The fraction of sp³-hybridized carbons (Fsp3) is 0.250. The summed E-state index contributed by atoms with van der Waals surface area (Å²) in [5.74, 6) is -1.16. The summed E-state index contributed by atoms with van der Waals surface area (Å²) >= 11 is 11.9. The number of hydrogen-bond acceptors (Lipinski definition) is 2. The average Bonchev–Trinajstić information content (AvgIpc) is 2.56. The van der Waals surface area contributed by atoms with Gasteiger partial charge >= 0.3 is 5.97 Å². The van der Waals surface area contributed by atoms with Gasteiger partial charge in [-0.25, -0.2) is 4.79 Å². The third kappa shape index (κ3) is 2.01. The molecule has 0 amide bonds. The zero-order chi connectivity index (χ0) is 12.7. The van der Waals surface area contributed by atoms with Crippen LogP contribution in [0.25, 0.3) is 11.0 Å². The number of fused-ring (bicyclic) bond motifs is 1. The monoisotopic (exact) mass is 272 g/mol.